The van der Waals surface area contributed by atoms with Gasteiger partial charge in [-0.05, 0) is 85.3 Å². The molecule has 3 aliphatic heterocycles. The zero-order valence-corrected chi connectivity index (χ0v) is 32.5. The number of piperidine rings is 1. The van der Waals surface area contributed by atoms with Crippen LogP contribution in [-0.2, 0) is 17.7 Å². The van der Waals surface area contributed by atoms with Gasteiger partial charge in [0, 0.05) is 88.6 Å². The summed E-state index contributed by atoms with van der Waals surface area (Å²) in [7, 11) is 0. The first-order chi connectivity index (χ1) is 25.9. The Morgan fingerprint density at radius 3 is 2.50 bits per heavy atom. The molecule has 6 rings (SSSR count). The number of rotatable bonds is 13. The van der Waals surface area contributed by atoms with E-state index in [1.807, 2.05) is 53.8 Å². The first-order valence-corrected chi connectivity index (χ1v) is 19.3. The Labute approximate surface area is 318 Å². The van der Waals surface area contributed by atoms with E-state index in [9.17, 15) is 14.0 Å². The third-order valence-corrected chi connectivity index (χ3v) is 10.1. The van der Waals surface area contributed by atoms with Crippen LogP contribution in [0.1, 0.15) is 82.4 Å². The van der Waals surface area contributed by atoms with Crippen LogP contribution in [0.3, 0.4) is 0 Å². The second-order valence-corrected chi connectivity index (χ2v) is 15.7. The largest absolute Gasteiger partial charge is 0.490 e. The van der Waals surface area contributed by atoms with E-state index in [-0.39, 0.29) is 41.5 Å². The van der Waals surface area contributed by atoms with E-state index in [1.165, 1.54) is 30.1 Å². The number of carbonyl (C=O) groups is 2. The molecule has 5 heterocycles. The molecule has 2 fully saturated rings. The van der Waals surface area contributed by atoms with Gasteiger partial charge in [0.15, 0.2) is 11.6 Å². The highest BCUT2D eigenvalue weighted by Gasteiger charge is 2.31. The number of anilines is 1. The number of carbonyl (C=O) groups excluding carboxylic acids is 2. The minimum Gasteiger partial charge on any atom is -0.490 e. The van der Waals surface area contributed by atoms with Crippen LogP contribution in [0.2, 0.25) is 0 Å². The number of likely N-dealkylation sites (tertiary alicyclic amines) is 1. The molecule has 2 saturated heterocycles. The summed E-state index contributed by atoms with van der Waals surface area (Å²) in [5.41, 5.74) is 1.95. The third kappa shape index (κ3) is 9.94. The number of pyridine rings is 1. The third-order valence-electron chi connectivity index (χ3n) is 10.1. The summed E-state index contributed by atoms with van der Waals surface area (Å²) >= 11 is 0. The zero-order valence-electron chi connectivity index (χ0n) is 32.5. The van der Waals surface area contributed by atoms with E-state index in [4.69, 9.17) is 19.2 Å². The molecule has 2 amide bonds. The molecule has 0 unspecified atom stereocenters. The molecule has 54 heavy (non-hydrogen) atoms. The maximum atomic E-state index is 14.4. The molecule has 14 heteroatoms. The summed E-state index contributed by atoms with van der Waals surface area (Å²) in [6.45, 7) is 18.7. The average molecular weight is 747 g/mol. The summed E-state index contributed by atoms with van der Waals surface area (Å²) in [5.74, 6) is 1.38. The van der Waals surface area contributed by atoms with Gasteiger partial charge in [0.25, 0.3) is 5.91 Å². The second-order valence-electron chi connectivity index (χ2n) is 15.7. The molecule has 3 aliphatic rings. The Kier molecular flexibility index (Phi) is 12.5. The van der Waals surface area contributed by atoms with Gasteiger partial charge in [0.05, 0.1) is 17.8 Å². The Balaban J connectivity index is 1.00. The zero-order chi connectivity index (χ0) is 38.4. The molecule has 13 nitrogen and oxygen atoms in total. The molecule has 3 aromatic rings. The van der Waals surface area contributed by atoms with Crippen LogP contribution < -0.4 is 19.7 Å². The van der Waals surface area contributed by atoms with Crippen LogP contribution in [0.5, 0.6) is 17.2 Å². The van der Waals surface area contributed by atoms with E-state index in [2.05, 4.69) is 30.0 Å². The van der Waals surface area contributed by atoms with Gasteiger partial charge in [0.2, 0.25) is 0 Å². The van der Waals surface area contributed by atoms with Crippen molar-refractivity contribution in [1.29, 1.82) is 0 Å². The van der Waals surface area contributed by atoms with Gasteiger partial charge in [-0.15, -0.1) is 0 Å². The highest BCUT2D eigenvalue weighted by atomic mass is 19.1. The predicted octanol–water partition coefficient (Wildman–Crippen LogP) is 5.68. The van der Waals surface area contributed by atoms with E-state index in [0.717, 1.165) is 76.4 Å². The minimum absolute atomic E-state index is 0.0281. The van der Waals surface area contributed by atoms with Crippen molar-refractivity contribution >= 4 is 17.8 Å². The molecule has 0 radical (unpaired) electrons. The van der Waals surface area contributed by atoms with Crippen LogP contribution in [0.25, 0.3) is 0 Å². The molecular formula is C40H55FN8O5. The monoisotopic (exact) mass is 746 g/mol. The Bertz CT molecular complexity index is 1760. The fourth-order valence-corrected chi connectivity index (χ4v) is 7.36. The molecule has 2 aromatic heterocycles. The smallest absolute Gasteiger partial charge is 0.407 e. The Hall–Kier alpha value is -4.56. The number of aromatic nitrogens is 3. The van der Waals surface area contributed by atoms with Gasteiger partial charge in [0.1, 0.15) is 35.3 Å². The molecular weight excluding hydrogens is 691 g/mol. The van der Waals surface area contributed by atoms with E-state index < -0.39 is 11.4 Å². The van der Waals surface area contributed by atoms with Crippen molar-refractivity contribution in [1.82, 2.24) is 35.0 Å². The van der Waals surface area contributed by atoms with Crippen LogP contribution in [-0.4, -0.2) is 118 Å². The van der Waals surface area contributed by atoms with Gasteiger partial charge in [-0.3, -0.25) is 19.6 Å². The first-order valence-electron chi connectivity index (χ1n) is 19.3. The number of nitrogens with zero attached hydrogens (tertiary/aromatic N) is 7. The van der Waals surface area contributed by atoms with Gasteiger partial charge in [-0.25, -0.2) is 19.2 Å². The summed E-state index contributed by atoms with van der Waals surface area (Å²) in [6, 6.07) is 6.08. The van der Waals surface area contributed by atoms with Crippen molar-refractivity contribution in [2.75, 3.05) is 57.3 Å². The van der Waals surface area contributed by atoms with Crippen molar-refractivity contribution < 1.29 is 28.2 Å². The highest BCUT2D eigenvalue weighted by Crippen LogP contribution is 2.35. The van der Waals surface area contributed by atoms with E-state index in [0.29, 0.717) is 31.2 Å². The van der Waals surface area contributed by atoms with Crippen LogP contribution in [0.15, 0.2) is 43.0 Å². The number of ether oxygens (including phenoxy) is 3. The lowest BCUT2D eigenvalue weighted by Crippen LogP contribution is -2.59. The van der Waals surface area contributed by atoms with Gasteiger partial charge >= 0.3 is 6.09 Å². The van der Waals surface area contributed by atoms with Crippen LogP contribution in [0.4, 0.5) is 15.0 Å². The number of halogens is 1. The van der Waals surface area contributed by atoms with Crippen molar-refractivity contribution in [3.63, 3.8) is 0 Å². The molecule has 292 valence electrons. The molecule has 0 atom stereocenters. The number of benzene rings is 1. The van der Waals surface area contributed by atoms with Crippen molar-refractivity contribution in [3.05, 3.63) is 65.6 Å². The van der Waals surface area contributed by atoms with Gasteiger partial charge in [-0.2, -0.15) is 0 Å². The number of amides is 2. The Morgan fingerprint density at radius 2 is 1.78 bits per heavy atom. The number of alkyl carbamates (subject to hydrolysis) is 1. The lowest BCUT2D eigenvalue weighted by molar-refractivity contribution is 0.0396. The van der Waals surface area contributed by atoms with E-state index >= 15 is 0 Å². The summed E-state index contributed by atoms with van der Waals surface area (Å²) in [6.07, 6.45) is 8.10. The van der Waals surface area contributed by atoms with Crippen molar-refractivity contribution in [2.45, 2.75) is 97.6 Å². The van der Waals surface area contributed by atoms with Gasteiger partial charge in [-0.1, -0.05) is 0 Å². The molecule has 0 saturated carbocycles. The maximum absolute atomic E-state index is 14.4. The predicted molar refractivity (Wildman–Crippen MR) is 204 cm³/mol. The summed E-state index contributed by atoms with van der Waals surface area (Å²) in [5, 5.41) is 2.96. The lowest BCUT2D eigenvalue weighted by atomic mass is 10.0. The summed E-state index contributed by atoms with van der Waals surface area (Å²) in [4.78, 5) is 47.6. The first kappa shape index (κ1) is 39.1. The molecule has 0 bridgehead atoms. The molecule has 0 aliphatic carbocycles. The Morgan fingerprint density at radius 1 is 1.02 bits per heavy atom. The van der Waals surface area contributed by atoms with Crippen molar-refractivity contribution in [2.24, 2.45) is 0 Å². The number of hydrogen-bond acceptors (Lipinski definition) is 11. The van der Waals surface area contributed by atoms with Crippen LogP contribution in [0, 0.1) is 5.82 Å². The molecule has 1 aromatic carbocycles. The number of fused-ring (bicyclic) bond motifs is 1. The average Bonchev–Trinajstić information content (AvgIpc) is 3.11. The summed E-state index contributed by atoms with van der Waals surface area (Å²) < 4.78 is 32.7. The van der Waals surface area contributed by atoms with E-state index in [1.54, 1.807) is 11.1 Å². The molecule has 1 N–H and O–H groups in total. The fourth-order valence-electron chi connectivity index (χ4n) is 7.36. The van der Waals surface area contributed by atoms with Crippen molar-refractivity contribution in [3.8, 4) is 17.2 Å². The van der Waals surface area contributed by atoms with Crippen LogP contribution >= 0.6 is 0 Å². The lowest BCUT2D eigenvalue weighted by Gasteiger charge is -2.40. The molecule has 0 spiro atoms. The minimum atomic E-state index is -0.507. The van der Waals surface area contributed by atoms with Gasteiger partial charge < -0.3 is 29.3 Å². The second kappa shape index (κ2) is 17.3. The SMILES string of the molecule is CCN(C(=O)c1cc(F)ccc1Oc1cncnc1N1CCC(Oc2ccnc3c2CN(CCCN2CC(NC(=O)OC(C)(C)C)C2)CC3)CC1)C(C)C. The topological polar surface area (TPSA) is 125 Å². The normalized spacial score (nSPS) is 17.1. The number of nitrogens with one attached hydrogen (secondary N) is 1. The maximum Gasteiger partial charge on any atom is 0.407 e. The highest BCUT2D eigenvalue weighted by molar-refractivity contribution is 5.97. The standard InChI is InChI=1S/C40H55FN8O5/c1-7-49(27(2)3)38(50)31-21-28(41)9-10-34(31)53-36-22-42-26-44-37(36)48-19-12-30(13-20-48)52-35-11-15-43-33-14-18-46(25-32(33)35)16-8-17-47-23-29(24-47)45-39(51)54-40(4,5)6/h9-11,15,21-22,26-27,29-30H,7-8,12-14,16-20,23-25H2,1-6H3,(H,45,51). The quantitative estimate of drug-likeness (QED) is 0.232. The number of hydrogen-bond donors (Lipinski definition) is 1. The fraction of sp³-hybridized carbons (Fsp3) is 0.575.